The number of hydrogen-bond donors (Lipinski definition) is 1. The molecular weight excluding hydrogens is 559 g/mol. The molecule has 1 N–H and O–H groups in total. The van der Waals surface area contributed by atoms with Gasteiger partial charge in [0.05, 0.1) is 19.2 Å². The van der Waals surface area contributed by atoms with Gasteiger partial charge in [-0.2, -0.15) is 0 Å². The van der Waals surface area contributed by atoms with E-state index in [1.807, 2.05) is 22.8 Å². The molecule has 2 aromatic carbocycles. The van der Waals surface area contributed by atoms with Crippen LogP contribution in [0, 0.1) is 5.82 Å². The number of fused-ring (bicyclic) bond motifs is 2. The summed E-state index contributed by atoms with van der Waals surface area (Å²) in [7, 11) is 0. The van der Waals surface area contributed by atoms with Crippen LogP contribution in [0.1, 0.15) is 64.3 Å². The van der Waals surface area contributed by atoms with E-state index in [1.54, 1.807) is 18.2 Å². The molecule has 3 aliphatic heterocycles. The van der Waals surface area contributed by atoms with Gasteiger partial charge < -0.3 is 19.1 Å². The molecule has 5 heterocycles. The maximum atomic E-state index is 14.7. The number of benzene rings is 2. The molecule has 0 amide bonds. The van der Waals surface area contributed by atoms with E-state index in [0.717, 1.165) is 61.7 Å². The van der Waals surface area contributed by atoms with Crippen molar-refractivity contribution in [1.29, 1.82) is 0 Å². The fraction of sp³-hybridized carbons (Fsp3) is 0.344. The lowest BCUT2D eigenvalue weighted by Gasteiger charge is -2.34. The second-order valence-electron chi connectivity index (χ2n) is 11.1. The van der Waals surface area contributed by atoms with Crippen LogP contribution in [0.3, 0.4) is 0 Å². The van der Waals surface area contributed by atoms with Gasteiger partial charge >= 0.3 is 5.97 Å². The molecule has 2 saturated heterocycles. The number of piperidine rings is 1. The summed E-state index contributed by atoms with van der Waals surface area (Å²) in [6.07, 6.45) is 6.32. The number of carboxylic acid groups (broad SMARTS) is 1. The van der Waals surface area contributed by atoms with Gasteiger partial charge in [0.25, 0.3) is 0 Å². The van der Waals surface area contributed by atoms with Crippen molar-refractivity contribution in [3.05, 3.63) is 93.7 Å². The molecule has 0 bridgehead atoms. The Morgan fingerprint density at radius 2 is 1.90 bits per heavy atom. The van der Waals surface area contributed by atoms with Gasteiger partial charge in [0.15, 0.2) is 11.3 Å². The molecule has 0 saturated carbocycles. The molecule has 0 radical (unpaired) electrons. The Balaban J connectivity index is 1.08. The third-order valence-corrected chi connectivity index (χ3v) is 8.74. The number of ether oxygens (including phenoxy) is 2. The van der Waals surface area contributed by atoms with Gasteiger partial charge in [0, 0.05) is 22.8 Å². The Bertz CT molecular complexity index is 1690. The maximum Gasteiger partial charge on any atom is 0.354 e. The van der Waals surface area contributed by atoms with Crippen LogP contribution in [-0.4, -0.2) is 56.3 Å². The van der Waals surface area contributed by atoms with Crippen molar-refractivity contribution in [2.75, 3.05) is 19.7 Å². The first kappa shape index (κ1) is 27.1. The molecule has 3 aliphatic rings. The van der Waals surface area contributed by atoms with Gasteiger partial charge in [-0.15, -0.1) is 0 Å². The van der Waals surface area contributed by atoms with Crippen molar-refractivity contribution in [2.45, 2.75) is 50.5 Å². The molecule has 42 heavy (non-hydrogen) atoms. The van der Waals surface area contributed by atoms with Gasteiger partial charge in [-0.1, -0.05) is 41.9 Å². The van der Waals surface area contributed by atoms with Crippen molar-refractivity contribution < 1.29 is 23.8 Å². The van der Waals surface area contributed by atoms with E-state index in [-0.39, 0.29) is 17.6 Å². The Kier molecular flexibility index (Phi) is 7.17. The highest BCUT2D eigenvalue weighted by molar-refractivity contribution is 6.30. The topological polar surface area (TPSA) is 89.7 Å². The van der Waals surface area contributed by atoms with Gasteiger partial charge in [0.1, 0.15) is 29.0 Å². The normalized spacial score (nSPS) is 20.7. The van der Waals surface area contributed by atoms with E-state index < -0.39 is 12.1 Å². The highest BCUT2D eigenvalue weighted by atomic mass is 35.5. The summed E-state index contributed by atoms with van der Waals surface area (Å²) in [4.78, 5) is 23.2. The van der Waals surface area contributed by atoms with E-state index in [2.05, 4.69) is 22.0 Å². The number of pyridine rings is 1. The summed E-state index contributed by atoms with van der Waals surface area (Å²) in [5.41, 5.74) is 3.90. The van der Waals surface area contributed by atoms with E-state index in [0.29, 0.717) is 40.8 Å². The van der Waals surface area contributed by atoms with Crippen LogP contribution >= 0.6 is 11.6 Å². The monoisotopic (exact) mass is 588 g/mol. The first-order valence-electron chi connectivity index (χ1n) is 14.3. The number of para-hydroxylation sites is 1. The molecule has 0 aliphatic carbocycles. The Morgan fingerprint density at radius 1 is 1.07 bits per heavy atom. The summed E-state index contributed by atoms with van der Waals surface area (Å²) in [6.45, 7) is 3.73. The minimum absolute atomic E-state index is 0.00911. The van der Waals surface area contributed by atoms with E-state index in [1.165, 1.54) is 12.1 Å². The van der Waals surface area contributed by atoms with Crippen LogP contribution < -0.4 is 4.74 Å². The lowest BCUT2D eigenvalue weighted by molar-refractivity contribution is -0.0593. The minimum Gasteiger partial charge on any atom is -0.481 e. The first-order chi connectivity index (χ1) is 20.4. The summed E-state index contributed by atoms with van der Waals surface area (Å²) in [5, 5.41) is 9.83. The molecule has 2 unspecified atom stereocenters. The van der Waals surface area contributed by atoms with Crippen LogP contribution in [0.4, 0.5) is 4.39 Å². The van der Waals surface area contributed by atoms with E-state index in [9.17, 15) is 14.3 Å². The number of hydrogen-bond acceptors (Lipinski definition) is 6. The van der Waals surface area contributed by atoms with E-state index in [4.69, 9.17) is 26.1 Å². The zero-order valence-electron chi connectivity index (χ0n) is 22.9. The molecule has 8 nitrogen and oxygen atoms in total. The molecule has 0 spiro atoms. The number of halogens is 2. The highest BCUT2D eigenvalue weighted by Crippen LogP contribution is 2.42. The minimum atomic E-state index is -1.06. The zero-order valence-corrected chi connectivity index (χ0v) is 23.6. The second-order valence-corrected chi connectivity index (χ2v) is 11.6. The number of carboxylic acids is 1. The van der Waals surface area contributed by atoms with Crippen LogP contribution in [-0.2, 0) is 17.8 Å². The van der Waals surface area contributed by atoms with Crippen molar-refractivity contribution in [2.24, 2.45) is 0 Å². The first-order valence-corrected chi connectivity index (χ1v) is 14.7. The SMILES string of the molecule is O=C(O)c1ccc2nc(CN3CCC(c4cccc5c4OC(c4ccc(Cl)cc4F)C=C5)CC3)n(CC3CCO3)c2n1. The number of imidazole rings is 1. The summed E-state index contributed by atoms with van der Waals surface area (Å²) in [5.74, 6) is 0.559. The fourth-order valence-electron chi connectivity index (χ4n) is 6.13. The molecule has 7 rings (SSSR count). The predicted molar refractivity (Wildman–Crippen MR) is 156 cm³/mol. The van der Waals surface area contributed by atoms with Gasteiger partial charge in [-0.3, -0.25) is 4.90 Å². The summed E-state index contributed by atoms with van der Waals surface area (Å²) < 4.78 is 28.8. The average molecular weight is 589 g/mol. The van der Waals surface area contributed by atoms with Gasteiger partial charge in [0.2, 0.25) is 0 Å². The lowest BCUT2D eigenvalue weighted by Crippen LogP contribution is -2.35. The van der Waals surface area contributed by atoms with Gasteiger partial charge in [-0.25, -0.2) is 19.2 Å². The second kappa shape index (κ2) is 11.1. The molecule has 10 heteroatoms. The van der Waals surface area contributed by atoms with E-state index >= 15 is 0 Å². The number of nitrogens with zero attached hydrogens (tertiary/aromatic N) is 4. The third-order valence-electron chi connectivity index (χ3n) is 8.50. The number of carbonyl (C=O) groups is 1. The zero-order chi connectivity index (χ0) is 28.8. The third kappa shape index (κ3) is 5.17. The number of likely N-dealkylation sites (tertiary alicyclic amines) is 1. The molecule has 2 atom stereocenters. The fourth-order valence-corrected chi connectivity index (χ4v) is 6.29. The van der Waals surface area contributed by atoms with Crippen LogP contribution in [0.2, 0.25) is 5.02 Å². The lowest BCUT2D eigenvalue weighted by atomic mass is 9.87. The average Bonchev–Trinajstić information content (AvgIpc) is 3.30. The largest absolute Gasteiger partial charge is 0.481 e. The quantitative estimate of drug-likeness (QED) is 0.273. The summed E-state index contributed by atoms with van der Waals surface area (Å²) >= 11 is 5.97. The van der Waals surface area contributed by atoms with Crippen molar-refractivity contribution >= 4 is 34.8 Å². The predicted octanol–water partition coefficient (Wildman–Crippen LogP) is 6.24. The Hall–Kier alpha value is -3.79. The van der Waals surface area contributed by atoms with Crippen LogP contribution in [0.15, 0.2) is 54.6 Å². The van der Waals surface area contributed by atoms with Crippen molar-refractivity contribution in [3.8, 4) is 5.75 Å². The smallest absolute Gasteiger partial charge is 0.354 e. The maximum absolute atomic E-state index is 14.7. The van der Waals surface area contributed by atoms with Gasteiger partial charge in [-0.05, 0) is 74.2 Å². The van der Waals surface area contributed by atoms with Crippen molar-refractivity contribution in [1.82, 2.24) is 19.4 Å². The molecule has 216 valence electrons. The van der Waals surface area contributed by atoms with Crippen LogP contribution in [0.25, 0.3) is 17.2 Å². The van der Waals surface area contributed by atoms with Crippen molar-refractivity contribution in [3.63, 3.8) is 0 Å². The number of aromatic nitrogens is 3. The standard InChI is InChI=1S/C32H30ClFN4O4/c33-21-5-6-24(25(34)16-21)28-9-4-20-2-1-3-23(30(20)42-28)19-10-13-37(14-11-19)18-29-35-26-7-8-27(32(39)40)36-31(26)38(29)17-22-12-15-41-22/h1-9,16,19,22,28H,10-15,17-18H2,(H,39,40). The highest BCUT2D eigenvalue weighted by Gasteiger charge is 2.29. The molecule has 2 fully saturated rings. The molecule has 2 aromatic heterocycles. The number of rotatable bonds is 7. The summed E-state index contributed by atoms with van der Waals surface area (Å²) in [6, 6.07) is 14.1. The van der Waals surface area contributed by atoms with Crippen LogP contribution in [0.5, 0.6) is 5.75 Å². The molecular formula is C32H30ClFN4O4. The number of aromatic carboxylic acids is 1. The molecule has 4 aromatic rings. The Labute approximate surface area is 247 Å². The Morgan fingerprint density at radius 3 is 2.64 bits per heavy atom.